The highest BCUT2D eigenvalue weighted by Crippen LogP contribution is 2.34. The third kappa shape index (κ3) is 6.37. The van der Waals surface area contributed by atoms with Crippen LogP contribution in [0.1, 0.15) is 34.1 Å². The lowest BCUT2D eigenvalue weighted by molar-refractivity contribution is 0.0233. The van der Waals surface area contributed by atoms with E-state index in [1.807, 2.05) is 6.07 Å². The van der Waals surface area contributed by atoms with Crippen molar-refractivity contribution in [3.8, 4) is 0 Å². The fourth-order valence-corrected chi connectivity index (χ4v) is 4.32. The van der Waals surface area contributed by atoms with E-state index in [0.29, 0.717) is 16.6 Å². The maximum atomic E-state index is 12.6. The summed E-state index contributed by atoms with van der Waals surface area (Å²) in [4.78, 5) is 18.2. The first-order valence-corrected chi connectivity index (χ1v) is 11.4. The molecule has 166 valence electrons. The van der Waals surface area contributed by atoms with Gasteiger partial charge >= 0.3 is 6.09 Å². The van der Waals surface area contributed by atoms with Crippen LogP contribution >= 0.6 is 15.9 Å². The van der Waals surface area contributed by atoms with Gasteiger partial charge in [-0.15, -0.1) is 0 Å². The van der Waals surface area contributed by atoms with E-state index in [9.17, 15) is 18.7 Å². The molecule has 8 nitrogen and oxygen atoms in total. The van der Waals surface area contributed by atoms with Crippen molar-refractivity contribution in [1.82, 2.24) is 9.88 Å². The second-order valence-corrected chi connectivity index (χ2v) is 9.61. The van der Waals surface area contributed by atoms with Crippen LogP contribution in [0.15, 0.2) is 35.1 Å². The van der Waals surface area contributed by atoms with Crippen molar-refractivity contribution in [3.05, 3.63) is 35.1 Å². The number of aliphatic hydroxyl groups excluding tert-OH is 1. The van der Waals surface area contributed by atoms with Gasteiger partial charge in [0.25, 0.3) is 11.3 Å². The maximum Gasteiger partial charge on any atom is 0.410 e. The summed E-state index contributed by atoms with van der Waals surface area (Å²) < 4.78 is 29.9. The number of hydrogen-bond donors (Lipinski definition) is 2. The van der Waals surface area contributed by atoms with E-state index in [-0.39, 0.29) is 19.7 Å². The molecule has 0 saturated carbocycles. The van der Waals surface area contributed by atoms with E-state index in [2.05, 4.69) is 20.9 Å². The average molecular weight is 502 g/mol. The first-order valence-electron chi connectivity index (χ1n) is 9.56. The quantitative estimate of drug-likeness (QED) is 0.530. The van der Waals surface area contributed by atoms with E-state index in [1.54, 1.807) is 52.2 Å². The molecular weight excluding hydrogens is 474 g/mol. The van der Waals surface area contributed by atoms with E-state index in [4.69, 9.17) is 4.74 Å². The number of anilines is 1. The Labute approximate surface area is 187 Å². The predicted octanol–water partition coefficient (Wildman–Crippen LogP) is 3.95. The summed E-state index contributed by atoms with van der Waals surface area (Å²) in [5, 5.41) is 10.8. The zero-order valence-corrected chi connectivity index (χ0v) is 19.9. The Morgan fingerprint density at radius 2 is 2.03 bits per heavy atom. The van der Waals surface area contributed by atoms with Crippen LogP contribution in [0.4, 0.5) is 10.5 Å². The van der Waals surface area contributed by atoms with Gasteiger partial charge in [0, 0.05) is 47.3 Å². The molecule has 1 heterocycles. The van der Waals surface area contributed by atoms with Gasteiger partial charge in [-0.3, -0.25) is 13.8 Å². The Hall–Kier alpha value is -1.75. The number of benzene rings is 1. The number of hydrogen-bond acceptors (Lipinski definition) is 5. The molecule has 0 spiro atoms. The fourth-order valence-electron chi connectivity index (χ4n) is 3.07. The number of carbonyl (C=O) groups excluding carboxylic acids is 1. The number of aromatic nitrogens is 1. The molecule has 30 heavy (non-hydrogen) atoms. The molecule has 1 aromatic carbocycles. The van der Waals surface area contributed by atoms with Crippen molar-refractivity contribution in [3.63, 3.8) is 0 Å². The molecule has 0 aliphatic carbocycles. The largest absolute Gasteiger partial charge is 0.444 e. The number of amides is 1. The standard InChI is InChI=1S/C20H28BrN3O5S/c1-14(13-23(9-6-10-25)19(26)29-20(2,3)4)24(30(27)28)17-8-5-7-15-11-22-12-16(21)18(15)17/h5,7-8,11-12,14,25H,6,9-10,13H2,1-4H3,(H,27,28). The second-order valence-electron chi connectivity index (χ2n) is 7.91. The number of aliphatic hydroxyl groups is 1. The minimum Gasteiger partial charge on any atom is -0.444 e. The van der Waals surface area contributed by atoms with Crippen LogP contribution in [0.2, 0.25) is 0 Å². The summed E-state index contributed by atoms with van der Waals surface area (Å²) in [5.74, 6) is 0. The van der Waals surface area contributed by atoms with Gasteiger partial charge in [-0.2, -0.15) is 0 Å². The molecule has 2 rings (SSSR count). The number of fused-ring (bicyclic) bond motifs is 1. The highest BCUT2D eigenvalue weighted by Gasteiger charge is 2.28. The summed E-state index contributed by atoms with van der Waals surface area (Å²) in [6.07, 6.45) is 3.15. The van der Waals surface area contributed by atoms with Gasteiger partial charge in [-0.1, -0.05) is 12.1 Å². The molecular formula is C20H28BrN3O5S. The highest BCUT2D eigenvalue weighted by atomic mass is 79.9. The van der Waals surface area contributed by atoms with Crippen LogP contribution in [0, 0.1) is 0 Å². The zero-order chi connectivity index (χ0) is 22.5. The summed E-state index contributed by atoms with van der Waals surface area (Å²) in [6, 6.07) is 4.89. The molecule has 0 fully saturated rings. The Morgan fingerprint density at radius 3 is 2.63 bits per heavy atom. The topological polar surface area (TPSA) is 103 Å². The smallest absolute Gasteiger partial charge is 0.410 e. The summed E-state index contributed by atoms with van der Waals surface area (Å²) in [6.45, 7) is 7.41. The first-order chi connectivity index (χ1) is 14.0. The Kier molecular flexibility index (Phi) is 8.60. The Morgan fingerprint density at radius 1 is 1.33 bits per heavy atom. The van der Waals surface area contributed by atoms with Crippen LogP contribution in [0.25, 0.3) is 10.8 Å². The number of nitrogens with zero attached hydrogens (tertiary/aromatic N) is 3. The normalized spacial score (nSPS) is 13.7. The fraction of sp³-hybridized carbons (Fsp3) is 0.500. The van der Waals surface area contributed by atoms with Crippen LogP contribution in [0.5, 0.6) is 0 Å². The van der Waals surface area contributed by atoms with Gasteiger partial charge in [-0.25, -0.2) is 9.00 Å². The van der Waals surface area contributed by atoms with Gasteiger partial charge < -0.3 is 14.7 Å². The van der Waals surface area contributed by atoms with Crippen molar-refractivity contribution in [2.75, 3.05) is 24.0 Å². The first kappa shape index (κ1) is 24.5. The van der Waals surface area contributed by atoms with E-state index in [1.165, 1.54) is 9.21 Å². The Bertz CT molecular complexity index is 900. The van der Waals surface area contributed by atoms with Crippen LogP contribution in [-0.4, -0.2) is 61.2 Å². The van der Waals surface area contributed by atoms with Crippen molar-refractivity contribution >= 4 is 49.7 Å². The minimum absolute atomic E-state index is 0.0768. The van der Waals surface area contributed by atoms with Gasteiger partial charge in [-0.05, 0) is 56.1 Å². The van der Waals surface area contributed by atoms with Crippen LogP contribution in [0.3, 0.4) is 0 Å². The molecule has 1 aromatic heterocycles. The molecule has 2 aromatic rings. The molecule has 10 heteroatoms. The van der Waals surface area contributed by atoms with E-state index >= 15 is 0 Å². The van der Waals surface area contributed by atoms with E-state index < -0.39 is 29.0 Å². The van der Waals surface area contributed by atoms with Gasteiger partial charge in [0.15, 0.2) is 0 Å². The number of carbonyl (C=O) groups is 1. The molecule has 2 N–H and O–H groups in total. The monoisotopic (exact) mass is 501 g/mol. The molecule has 2 unspecified atom stereocenters. The van der Waals surface area contributed by atoms with Crippen LogP contribution < -0.4 is 4.31 Å². The third-order valence-electron chi connectivity index (χ3n) is 4.24. The maximum absolute atomic E-state index is 12.6. The van der Waals surface area contributed by atoms with Crippen molar-refractivity contribution < 1.29 is 23.4 Å². The lowest BCUT2D eigenvalue weighted by atomic mass is 10.1. The van der Waals surface area contributed by atoms with Crippen molar-refractivity contribution in [2.45, 2.75) is 45.8 Å². The summed E-state index contributed by atoms with van der Waals surface area (Å²) >= 11 is 1.13. The number of halogens is 1. The van der Waals surface area contributed by atoms with Crippen molar-refractivity contribution in [1.29, 1.82) is 0 Å². The van der Waals surface area contributed by atoms with Gasteiger partial charge in [0.2, 0.25) is 0 Å². The lowest BCUT2D eigenvalue weighted by Gasteiger charge is -2.33. The van der Waals surface area contributed by atoms with Gasteiger partial charge in [0.1, 0.15) is 5.60 Å². The van der Waals surface area contributed by atoms with Gasteiger partial charge in [0.05, 0.1) is 11.7 Å². The summed E-state index contributed by atoms with van der Waals surface area (Å²) in [5.41, 5.74) is -0.133. The minimum atomic E-state index is -2.34. The summed E-state index contributed by atoms with van der Waals surface area (Å²) in [7, 11) is 0. The third-order valence-corrected chi connectivity index (χ3v) is 5.74. The zero-order valence-electron chi connectivity index (χ0n) is 17.5. The molecule has 0 saturated heterocycles. The van der Waals surface area contributed by atoms with Crippen LogP contribution in [-0.2, 0) is 16.0 Å². The molecule has 2 atom stereocenters. The number of rotatable bonds is 8. The molecule has 0 aliphatic rings. The highest BCUT2D eigenvalue weighted by molar-refractivity contribution is 9.10. The SMILES string of the molecule is CC(CN(CCCO)C(=O)OC(C)(C)C)N(c1cccc2cncc(Br)c12)S(=O)O. The Balaban J connectivity index is 2.37. The molecule has 0 aliphatic heterocycles. The molecule has 0 radical (unpaired) electrons. The average Bonchev–Trinajstić information content (AvgIpc) is 2.63. The second kappa shape index (κ2) is 10.5. The van der Waals surface area contributed by atoms with Crippen molar-refractivity contribution in [2.24, 2.45) is 0 Å². The number of pyridine rings is 1. The lowest BCUT2D eigenvalue weighted by Crippen LogP contribution is -2.47. The van der Waals surface area contributed by atoms with E-state index in [0.717, 1.165) is 10.8 Å². The predicted molar refractivity (Wildman–Crippen MR) is 122 cm³/mol. The number of ether oxygens (including phenoxy) is 1. The molecule has 1 amide bonds. The molecule has 0 bridgehead atoms.